The van der Waals surface area contributed by atoms with Crippen LogP contribution in [0, 0.1) is 0 Å². The monoisotopic (exact) mass is 442 g/mol. The summed E-state index contributed by atoms with van der Waals surface area (Å²) in [5.74, 6) is 0.800. The predicted octanol–water partition coefficient (Wildman–Crippen LogP) is 2.81. The quantitative estimate of drug-likeness (QED) is 0.435. The first-order valence-corrected chi connectivity index (χ1v) is 10.5. The van der Waals surface area contributed by atoms with Gasteiger partial charge < -0.3 is 9.47 Å². The van der Waals surface area contributed by atoms with Crippen molar-refractivity contribution >= 4 is 36.0 Å². The lowest BCUT2D eigenvalue weighted by molar-refractivity contribution is -0.120. The molecule has 9 heteroatoms. The Kier molecular flexibility index (Phi) is 9.57. The van der Waals surface area contributed by atoms with Gasteiger partial charge in [0, 0.05) is 0 Å². The minimum absolute atomic E-state index is 0.302. The number of carbonyl (C=O) groups is 2. The molecule has 0 saturated heterocycles. The molecule has 0 radical (unpaired) electrons. The number of carbonyl (C=O) groups excluding carboxylic acids is 2. The average molecular weight is 443 g/mol. The molecule has 0 fully saturated rings. The molecule has 0 aromatic heterocycles. The first-order valence-electron chi connectivity index (χ1n) is 9.52. The van der Waals surface area contributed by atoms with Gasteiger partial charge in [0.05, 0.1) is 37.1 Å². The van der Waals surface area contributed by atoms with Crippen LogP contribution in [0.25, 0.3) is 0 Å². The summed E-state index contributed by atoms with van der Waals surface area (Å²) in [6.07, 6.45) is 3.06. The molecule has 0 heterocycles. The molecule has 0 aliphatic rings. The van der Waals surface area contributed by atoms with Crippen LogP contribution in [0.2, 0.25) is 0 Å². The van der Waals surface area contributed by atoms with Crippen molar-refractivity contribution in [2.24, 2.45) is 10.2 Å². The molecule has 2 aromatic carbocycles. The molecule has 0 spiro atoms. The minimum atomic E-state index is -0.481. The summed E-state index contributed by atoms with van der Waals surface area (Å²) >= 11 is 1.21. The summed E-state index contributed by atoms with van der Waals surface area (Å²) < 4.78 is 10.3. The van der Waals surface area contributed by atoms with Crippen LogP contribution < -0.4 is 20.3 Å². The largest absolute Gasteiger partial charge is 0.497 e. The van der Waals surface area contributed by atoms with Crippen LogP contribution in [0.15, 0.2) is 58.7 Å². The second-order valence-electron chi connectivity index (χ2n) is 6.44. The van der Waals surface area contributed by atoms with Crippen molar-refractivity contribution < 1.29 is 19.1 Å². The molecule has 31 heavy (non-hydrogen) atoms. The zero-order valence-electron chi connectivity index (χ0n) is 17.9. The molecule has 8 nitrogen and oxygen atoms in total. The van der Waals surface area contributed by atoms with Crippen molar-refractivity contribution in [3.05, 3.63) is 59.7 Å². The van der Waals surface area contributed by atoms with Gasteiger partial charge in [0.25, 0.3) is 11.8 Å². The van der Waals surface area contributed by atoms with E-state index in [4.69, 9.17) is 9.47 Å². The summed E-state index contributed by atoms with van der Waals surface area (Å²) in [7, 11) is 3.16. The fourth-order valence-corrected chi connectivity index (χ4v) is 3.36. The maximum Gasteiger partial charge on any atom is 0.252 e. The summed E-state index contributed by atoms with van der Waals surface area (Å²) in [5, 5.41) is 6.96. The predicted molar refractivity (Wildman–Crippen MR) is 124 cm³/mol. The summed E-state index contributed by atoms with van der Waals surface area (Å²) in [4.78, 5) is 24.5. The second kappa shape index (κ2) is 12.4. The van der Waals surface area contributed by atoms with E-state index in [1.807, 2.05) is 36.4 Å². The van der Waals surface area contributed by atoms with Crippen molar-refractivity contribution in [3.8, 4) is 11.5 Å². The third kappa shape index (κ3) is 8.13. The summed E-state index contributed by atoms with van der Waals surface area (Å²) in [6, 6.07) is 14.6. The molecule has 0 aliphatic heterocycles. The van der Waals surface area contributed by atoms with Crippen LogP contribution in [-0.4, -0.2) is 49.0 Å². The van der Waals surface area contributed by atoms with Crippen molar-refractivity contribution in [1.29, 1.82) is 0 Å². The summed E-state index contributed by atoms with van der Waals surface area (Å²) in [6.45, 7) is 3.43. The van der Waals surface area contributed by atoms with E-state index in [1.165, 1.54) is 24.2 Å². The first kappa shape index (κ1) is 23.9. The molecular weight excluding hydrogens is 416 g/mol. The number of hydrogen-bond acceptors (Lipinski definition) is 7. The second-order valence-corrected chi connectivity index (χ2v) is 8.13. The first-order chi connectivity index (χ1) is 14.9. The maximum absolute atomic E-state index is 12.2. The Hall–Kier alpha value is -3.33. The standard InChI is InChI=1S/C22H26N4O4S/c1-15(21(27)25-23-13-17-7-5-9-19(11-17)29-3)31-16(2)22(28)26-24-14-18-8-6-10-20(12-18)30-4/h5-16H,1-4H3,(H,25,27)(H,26,28)/b23-13-,24-14-/t15-,16-/m0/s1. The zero-order valence-corrected chi connectivity index (χ0v) is 18.7. The minimum Gasteiger partial charge on any atom is -0.497 e. The van der Waals surface area contributed by atoms with Crippen LogP contribution in [0.4, 0.5) is 0 Å². The normalized spacial score (nSPS) is 13.0. The van der Waals surface area contributed by atoms with Crippen molar-refractivity contribution in [2.45, 2.75) is 24.3 Å². The number of amides is 2. The molecule has 164 valence electrons. The SMILES string of the molecule is COc1cccc(/C=N\NC(=O)[C@H](C)S[C@@H](C)C(=O)N/N=C\c2cccc(OC)c2)c1. The van der Waals surface area contributed by atoms with Gasteiger partial charge in [0.1, 0.15) is 11.5 Å². The number of nitrogens with one attached hydrogen (secondary N) is 2. The number of hydrazone groups is 2. The summed E-state index contributed by atoms with van der Waals surface area (Å²) in [5.41, 5.74) is 6.55. The number of thioether (sulfide) groups is 1. The molecule has 2 aromatic rings. The topological polar surface area (TPSA) is 101 Å². The van der Waals surface area contributed by atoms with E-state index in [-0.39, 0.29) is 11.8 Å². The lowest BCUT2D eigenvalue weighted by Gasteiger charge is -2.14. The van der Waals surface area contributed by atoms with Gasteiger partial charge in [-0.15, -0.1) is 11.8 Å². The van der Waals surface area contributed by atoms with Crippen molar-refractivity contribution in [1.82, 2.24) is 10.9 Å². The number of methoxy groups -OCH3 is 2. The molecule has 0 unspecified atom stereocenters. The third-order valence-electron chi connectivity index (χ3n) is 4.11. The van der Waals surface area contributed by atoms with Crippen LogP contribution in [0.5, 0.6) is 11.5 Å². The Morgan fingerprint density at radius 3 is 1.65 bits per heavy atom. The molecule has 2 atom stereocenters. The Morgan fingerprint density at radius 1 is 0.839 bits per heavy atom. The fraction of sp³-hybridized carbons (Fsp3) is 0.273. The Morgan fingerprint density at radius 2 is 1.26 bits per heavy atom. The van der Waals surface area contributed by atoms with E-state index in [0.717, 1.165) is 11.1 Å². The number of nitrogens with zero attached hydrogens (tertiary/aromatic N) is 2. The van der Waals surface area contributed by atoms with E-state index in [9.17, 15) is 9.59 Å². The van der Waals surface area contributed by atoms with E-state index in [0.29, 0.717) is 11.5 Å². The van der Waals surface area contributed by atoms with Gasteiger partial charge in [0.15, 0.2) is 0 Å². The molecule has 0 saturated carbocycles. The Bertz CT molecular complexity index is 873. The van der Waals surface area contributed by atoms with Crippen molar-refractivity contribution in [2.75, 3.05) is 14.2 Å². The van der Waals surface area contributed by atoms with E-state index < -0.39 is 10.5 Å². The van der Waals surface area contributed by atoms with Gasteiger partial charge in [0.2, 0.25) is 0 Å². The zero-order chi connectivity index (χ0) is 22.6. The molecule has 2 rings (SSSR count). The molecule has 0 aliphatic carbocycles. The molecule has 0 bridgehead atoms. The lowest BCUT2D eigenvalue weighted by atomic mass is 10.2. The molecular formula is C22H26N4O4S. The maximum atomic E-state index is 12.2. The van der Waals surface area contributed by atoms with Gasteiger partial charge in [-0.1, -0.05) is 24.3 Å². The highest BCUT2D eigenvalue weighted by molar-refractivity contribution is 8.01. The Balaban J connectivity index is 1.79. The lowest BCUT2D eigenvalue weighted by Crippen LogP contribution is -2.33. The van der Waals surface area contributed by atoms with Crippen LogP contribution >= 0.6 is 11.8 Å². The number of benzene rings is 2. The smallest absolute Gasteiger partial charge is 0.252 e. The highest BCUT2D eigenvalue weighted by Gasteiger charge is 2.21. The Labute approximate surface area is 186 Å². The van der Waals surface area contributed by atoms with Crippen LogP contribution in [-0.2, 0) is 9.59 Å². The van der Waals surface area contributed by atoms with Gasteiger partial charge in [-0.05, 0) is 49.2 Å². The molecule has 2 N–H and O–H groups in total. The van der Waals surface area contributed by atoms with Gasteiger partial charge >= 0.3 is 0 Å². The third-order valence-corrected chi connectivity index (χ3v) is 5.36. The van der Waals surface area contributed by atoms with Gasteiger partial charge in [-0.3, -0.25) is 9.59 Å². The van der Waals surface area contributed by atoms with E-state index in [1.54, 1.807) is 40.2 Å². The number of ether oxygens (including phenoxy) is 2. The van der Waals surface area contributed by atoms with Crippen LogP contribution in [0.1, 0.15) is 25.0 Å². The highest BCUT2D eigenvalue weighted by atomic mass is 32.2. The van der Waals surface area contributed by atoms with Crippen LogP contribution in [0.3, 0.4) is 0 Å². The average Bonchev–Trinajstić information content (AvgIpc) is 2.79. The number of rotatable bonds is 10. The van der Waals surface area contributed by atoms with Gasteiger partial charge in [-0.2, -0.15) is 10.2 Å². The fourth-order valence-electron chi connectivity index (χ4n) is 2.40. The van der Waals surface area contributed by atoms with Crippen molar-refractivity contribution in [3.63, 3.8) is 0 Å². The van der Waals surface area contributed by atoms with E-state index >= 15 is 0 Å². The number of hydrogen-bond donors (Lipinski definition) is 2. The highest BCUT2D eigenvalue weighted by Crippen LogP contribution is 2.18. The van der Waals surface area contributed by atoms with E-state index in [2.05, 4.69) is 21.1 Å². The van der Waals surface area contributed by atoms with Gasteiger partial charge in [-0.25, -0.2) is 10.9 Å². The molecule has 2 amide bonds.